The van der Waals surface area contributed by atoms with Gasteiger partial charge in [0.2, 0.25) is 12.3 Å². The second kappa shape index (κ2) is 18.8. The second-order valence-corrected chi connectivity index (χ2v) is 14.3. The Labute approximate surface area is 366 Å². The van der Waals surface area contributed by atoms with Crippen LogP contribution in [0.4, 0.5) is 87.8 Å². The number of ketones is 1. The van der Waals surface area contributed by atoms with E-state index < -0.39 is 144 Å². The summed E-state index contributed by atoms with van der Waals surface area (Å²) in [6, 6.07) is 21.3. The number of aromatic nitrogens is 1. The highest BCUT2D eigenvalue weighted by atomic mass is 32.1. The molecule has 0 N–H and O–H groups in total. The van der Waals surface area contributed by atoms with Crippen LogP contribution in [0.3, 0.4) is 0 Å². The quantitative estimate of drug-likeness (QED) is 0.0306. The summed E-state index contributed by atoms with van der Waals surface area (Å²) in [6.45, 7) is 0.340. The Morgan fingerprint density at radius 2 is 0.642 bits per heavy atom. The molecule has 0 spiro atoms. The Bertz CT molecular complexity index is 2750. The topological polar surface area (TPSA) is 20.9 Å². The maximum atomic E-state index is 15.4. The molecule has 24 heteroatoms. The van der Waals surface area contributed by atoms with Gasteiger partial charge in [0.1, 0.15) is 52.7 Å². The fourth-order valence-electron chi connectivity index (χ4n) is 7.22. The summed E-state index contributed by atoms with van der Waals surface area (Å²) < 4.78 is 296. The molecular weight excluding hydrogens is 969 g/mol. The van der Waals surface area contributed by atoms with Crippen LogP contribution in [0.2, 0.25) is 0 Å². The van der Waals surface area contributed by atoms with Crippen molar-refractivity contribution in [1.82, 2.24) is 0 Å². The summed E-state index contributed by atoms with van der Waals surface area (Å²) in [5, 5.41) is 0. The third-order valence-electron chi connectivity index (χ3n) is 10.2. The van der Waals surface area contributed by atoms with E-state index in [4.69, 9.17) is 0 Å². The third-order valence-corrected chi connectivity index (χ3v) is 10.6. The molecule has 0 bridgehead atoms. The zero-order chi connectivity index (χ0) is 49.7. The van der Waals surface area contributed by atoms with Gasteiger partial charge in [0.05, 0.1) is 0 Å². The van der Waals surface area contributed by atoms with Gasteiger partial charge in [-0.2, -0.15) is 4.57 Å². The minimum atomic E-state index is -7.22. The lowest BCUT2D eigenvalue weighted by atomic mass is 9.12. The molecule has 6 aromatic carbocycles. The van der Waals surface area contributed by atoms with Crippen molar-refractivity contribution < 1.29 is 97.2 Å². The summed E-state index contributed by atoms with van der Waals surface area (Å²) in [5.41, 5.74) is -11.4. The maximum absolute atomic E-state index is 15.4. The summed E-state index contributed by atoms with van der Waals surface area (Å²) in [5.74, 6) is -71.3. The van der Waals surface area contributed by atoms with E-state index in [1.807, 2.05) is 83.7 Å². The molecule has 67 heavy (non-hydrogen) atoms. The number of benzene rings is 6. The molecule has 7 rings (SSSR count). The zero-order valence-corrected chi connectivity index (χ0v) is 33.0. The number of nitrogens with zero attached hydrogens (tertiary/aromatic N) is 1. The van der Waals surface area contributed by atoms with Gasteiger partial charge in [0.15, 0.2) is 82.2 Å². The molecule has 0 atom stereocenters. The van der Waals surface area contributed by atoms with Gasteiger partial charge in [-0.05, 0) is 17.2 Å². The monoisotopic (exact) mass is 985 g/mol. The fraction of sp³-hybridized carbons (Fsp3) is 0.0233. The van der Waals surface area contributed by atoms with Crippen LogP contribution >= 0.6 is 12.6 Å². The van der Waals surface area contributed by atoms with Crippen molar-refractivity contribution in [3.05, 3.63) is 201 Å². The first kappa shape index (κ1) is 49.6. The summed E-state index contributed by atoms with van der Waals surface area (Å²) >= 11 is 4.48. The zero-order valence-electron chi connectivity index (χ0n) is 32.2. The number of rotatable bonds is 8. The van der Waals surface area contributed by atoms with Crippen LogP contribution in [0, 0.1) is 116 Å². The standard InChI is InChI=1S/C24BF20.C19H15NOS/c26-5-1(6(27)14(35)21(42)13(5)34)25(2-7(28)15(36)22(43)16(37)8(2)29,3-9(30)17(38)23(44)18(39)10(3)31)4-11(32)19(40)24(45)20(41)12(4)33;21-18(16-6-2-1-3-7-16)14-20-12-10-15(11-13-20)17-8-4-5-9-19(17)22/h;1-13H,14H2/q-1;/p+1. The maximum Gasteiger partial charge on any atom is 0.227 e. The Balaban J connectivity index is 0.000000279. The minimum Gasteiger partial charge on any atom is -0.287 e. The fourth-order valence-corrected chi connectivity index (χ4v) is 7.51. The lowest BCUT2D eigenvalue weighted by molar-refractivity contribution is -0.683. The molecule has 0 radical (unpaired) electrons. The molecule has 0 aliphatic heterocycles. The highest BCUT2D eigenvalue weighted by molar-refractivity contribution is 7.80. The Morgan fingerprint density at radius 1 is 0.373 bits per heavy atom. The molecule has 0 aliphatic rings. The smallest absolute Gasteiger partial charge is 0.227 e. The highest BCUT2D eigenvalue weighted by Crippen LogP contribution is 2.31. The molecule has 7 aromatic rings. The summed E-state index contributed by atoms with van der Waals surface area (Å²) in [6.07, 6.45) is -3.36. The lowest BCUT2D eigenvalue weighted by Crippen LogP contribution is -2.81. The first-order valence-electron chi connectivity index (χ1n) is 18.0. The highest BCUT2D eigenvalue weighted by Gasteiger charge is 2.52. The van der Waals surface area contributed by atoms with Gasteiger partial charge in [-0.3, -0.25) is 4.79 Å². The van der Waals surface area contributed by atoms with Crippen LogP contribution in [0.5, 0.6) is 0 Å². The van der Waals surface area contributed by atoms with Crippen LogP contribution in [0.25, 0.3) is 11.1 Å². The van der Waals surface area contributed by atoms with Crippen molar-refractivity contribution in [1.29, 1.82) is 0 Å². The lowest BCUT2D eigenvalue weighted by Gasteiger charge is -2.44. The molecule has 0 saturated carbocycles. The molecule has 1 aromatic heterocycles. The van der Waals surface area contributed by atoms with Crippen LogP contribution < -0.4 is 26.4 Å². The number of hydrogen-bond donors (Lipinski definition) is 1. The van der Waals surface area contributed by atoms with Gasteiger partial charge in [0.25, 0.3) is 0 Å². The van der Waals surface area contributed by atoms with Crippen molar-refractivity contribution in [3.63, 3.8) is 0 Å². The number of pyridine rings is 1. The van der Waals surface area contributed by atoms with Crippen LogP contribution in [0.1, 0.15) is 10.4 Å². The third kappa shape index (κ3) is 8.13. The largest absolute Gasteiger partial charge is 0.287 e. The Hall–Kier alpha value is -6.85. The van der Waals surface area contributed by atoms with E-state index in [1.165, 1.54) is 0 Å². The average molecular weight is 985 g/mol. The van der Waals surface area contributed by atoms with Crippen molar-refractivity contribution in [2.75, 3.05) is 0 Å². The number of carbonyl (C=O) groups is 1. The van der Waals surface area contributed by atoms with Gasteiger partial charge >= 0.3 is 0 Å². The van der Waals surface area contributed by atoms with E-state index in [0.29, 0.717) is 6.54 Å². The van der Waals surface area contributed by atoms with Crippen LogP contribution in [0.15, 0.2) is 84.0 Å². The van der Waals surface area contributed by atoms with Crippen molar-refractivity contribution >= 4 is 46.4 Å². The normalized spacial score (nSPS) is 11.5. The van der Waals surface area contributed by atoms with Gasteiger partial charge in [0, 0.05) is 22.6 Å². The molecule has 1 heterocycles. The molecular formula is C43H16BF20NOS. The van der Waals surface area contributed by atoms with E-state index >= 15 is 35.1 Å². The Kier molecular flexibility index (Phi) is 13.9. The van der Waals surface area contributed by atoms with Crippen molar-refractivity contribution in [3.8, 4) is 11.1 Å². The first-order chi connectivity index (χ1) is 31.4. The Morgan fingerprint density at radius 3 is 0.940 bits per heavy atom. The molecule has 0 saturated heterocycles. The number of thiol groups is 1. The number of halogens is 20. The number of carbonyl (C=O) groups excluding carboxylic acids is 1. The molecule has 2 nitrogen and oxygen atoms in total. The number of hydrogen-bond acceptors (Lipinski definition) is 2. The predicted octanol–water partition coefficient (Wildman–Crippen LogP) is 9.66. The predicted molar refractivity (Wildman–Crippen MR) is 199 cm³/mol. The van der Waals surface area contributed by atoms with Gasteiger partial charge in [-0.1, -0.05) is 48.5 Å². The van der Waals surface area contributed by atoms with E-state index in [0.717, 1.165) is 21.6 Å². The average Bonchev–Trinajstić information content (AvgIpc) is 3.32. The van der Waals surface area contributed by atoms with Gasteiger partial charge in [-0.15, -0.1) is 34.5 Å². The molecule has 348 valence electrons. The second-order valence-electron chi connectivity index (χ2n) is 13.9. The molecule has 0 aliphatic carbocycles. The first-order valence-corrected chi connectivity index (χ1v) is 18.5. The van der Waals surface area contributed by atoms with E-state index in [1.54, 1.807) is 0 Å². The van der Waals surface area contributed by atoms with E-state index in [-0.39, 0.29) is 5.78 Å². The van der Waals surface area contributed by atoms with Crippen molar-refractivity contribution in [2.45, 2.75) is 11.4 Å². The SMILES string of the molecule is Fc1c(F)c(F)c([B-](c2c(F)c(F)c(F)c(F)c2F)(c2c(F)c(F)c(F)c(F)c2F)c2c(F)c(F)c(F)c(F)c2F)c(F)c1F.O=C(C[n+]1ccc(-c2ccccc2S)cc1)c1ccccc1. The van der Waals surface area contributed by atoms with E-state index in [2.05, 4.69) is 12.6 Å². The summed E-state index contributed by atoms with van der Waals surface area (Å²) in [7, 11) is 0. The van der Waals surface area contributed by atoms with Gasteiger partial charge < -0.3 is 0 Å². The van der Waals surface area contributed by atoms with Crippen LogP contribution in [-0.4, -0.2) is 11.9 Å². The van der Waals surface area contributed by atoms with E-state index in [9.17, 15) is 57.5 Å². The van der Waals surface area contributed by atoms with Crippen LogP contribution in [-0.2, 0) is 6.54 Å². The molecule has 0 unspecified atom stereocenters. The summed E-state index contributed by atoms with van der Waals surface area (Å²) in [4.78, 5) is 13.1. The molecule has 0 amide bonds. The number of Topliss-reactive ketones (excluding diaryl/α,β-unsaturated/α-hetero) is 1. The molecule has 0 fully saturated rings. The van der Waals surface area contributed by atoms with Gasteiger partial charge in [-0.25, -0.2) is 87.8 Å². The minimum absolute atomic E-state index is 0.105. The van der Waals surface area contributed by atoms with Crippen molar-refractivity contribution in [2.24, 2.45) is 0 Å².